The number of nitrogens with zero attached hydrogens (tertiary/aromatic N) is 1. The lowest BCUT2D eigenvalue weighted by atomic mass is 9.97. The van der Waals surface area contributed by atoms with Gasteiger partial charge in [0.15, 0.2) is 6.04 Å². The molecule has 1 heterocycles. The van der Waals surface area contributed by atoms with Gasteiger partial charge < -0.3 is 15.0 Å². The van der Waals surface area contributed by atoms with E-state index in [9.17, 15) is 18.8 Å². The van der Waals surface area contributed by atoms with Crippen LogP contribution >= 0.6 is 23.2 Å². The molecule has 0 bridgehead atoms. The summed E-state index contributed by atoms with van der Waals surface area (Å²) < 4.78 is 18.9. The van der Waals surface area contributed by atoms with E-state index in [1.807, 2.05) is 0 Å². The highest BCUT2D eigenvalue weighted by Crippen LogP contribution is 2.38. The number of carbonyl (C=O) groups is 3. The molecule has 0 radical (unpaired) electrons. The predicted octanol–water partition coefficient (Wildman–Crippen LogP) is 5.18. The van der Waals surface area contributed by atoms with Gasteiger partial charge in [-0.1, -0.05) is 47.5 Å². The zero-order valence-corrected chi connectivity index (χ0v) is 18.7. The molecule has 2 atom stereocenters. The standard InChI is InChI=1S/C24H17Cl2FN2O4/c1-33-24(32)21(14-4-8-16(26)9-5-14)29-20(13-2-6-15(25)7-3-13)22(30)28-19-12-17(27)10-11-18(19)23(29)31/h2-12,20-21H,1H3,(H,28,30). The number of hydrogen-bond acceptors (Lipinski definition) is 4. The summed E-state index contributed by atoms with van der Waals surface area (Å²) in [5.41, 5.74) is 0.827. The maximum Gasteiger partial charge on any atom is 0.333 e. The molecule has 3 aromatic carbocycles. The van der Waals surface area contributed by atoms with Crippen molar-refractivity contribution < 1.29 is 23.5 Å². The summed E-state index contributed by atoms with van der Waals surface area (Å²) >= 11 is 12.0. The lowest BCUT2D eigenvalue weighted by Crippen LogP contribution is -2.44. The van der Waals surface area contributed by atoms with Crippen LogP contribution in [0.25, 0.3) is 0 Å². The third-order valence-corrected chi connectivity index (χ3v) is 5.81. The number of benzene rings is 3. The molecule has 0 aromatic heterocycles. The van der Waals surface area contributed by atoms with Crippen molar-refractivity contribution in [3.8, 4) is 0 Å². The van der Waals surface area contributed by atoms with Crippen LogP contribution in [0.1, 0.15) is 33.6 Å². The summed E-state index contributed by atoms with van der Waals surface area (Å²) in [6, 6.07) is 13.5. The van der Waals surface area contributed by atoms with Crippen LogP contribution in [-0.4, -0.2) is 29.8 Å². The summed E-state index contributed by atoms with van der Waals surface area (Å²) in [5, 5.41) is 3.47. The first-order valence-corrected chi connectivity index (χ1v) is 10.6. The molecule has 33 heavy (non-hydrogen) atoms. The molecular formula is C24H17Cl2FN2O4. The largest absolute Gasteiger partial charge is 0.467 e. The van der Waals surface area contributed by atoms with Gasteiger partial charge in [0.05, 0.1) is 18.4 Å². The number of fused-ring (bicyclic) bond motifs is 1. The number of rotatable bonds is 4. The number of methoxy groups -OCH3 is 1. The predicted molar refractivity (Wildman–Crippen MR) is 122 cm³/mol. The second-order valence-corrected chi connectivity index (χ2v) is 8.20. The van der Waals surface area contributed by atoms with Crippen LogP contribution in [0.5, 0.6) is 0 Å². The molecular weight excluding hydrogens is 470 g/mol. The van der Waals surface area contributed by atoms with Gasteiger partial charge in [0, 0.05) is 10.0 Å². The Bertz CT molecular complexity index is 1230. The molecule has 1 N–H and O–H groups in total. The number of amides is 2. The van der Waals surface area contributed by atoms with Gasteiger partial charge >= 0.3 is 5.97 Å². The van der Waals surface area contributed by atoms with Crippen molar-refractivity contribution in [2.45, 2.75) is 12.1 Å². The van der Waals surface area contributed by atoms with Gasteiger partial charge in [-0.3, -0.25) is 9.59 Å². The molecule has 2 amide bonds. The van der Waals surface area contributed by atoms with Gasteiger partial charge in [0.1, 0.15) is 11.9 Å². The summed E-state index contributed by atoms with van der Waals surface area (Å²) in [5.74, 6) is -2.67. The van der Waals surface area contributed by atoms with Crippen molar-refractivity contribution in [3.05, 3.63) is 99.3 Å². The van der Waals surface area contributed by atoms with Crippen LogP contribution in [0, 0.1) is 5.82 Å². The second kappa shape index (κ2) is 9.21. The third kappa shape index (κ3) is 4.42. The number of anilines is 1. The Kier molecular flexibility index (Phi) is 6.35. The van der Waals surface area contributed by atoms with Crippen molar-refractivity contribution in [3.63, 3.8) is 0 Å². The Balaban J connectivity index is 1.96. The Morgan fingerprint density at radius 1 is 1.00 bits per heavy atom. The van der Waals surface area contributed by atoms with Crippen molar-refractivity contribution in [2.24, 2.45) is 0 Å². The maximum atomic E-state index is 13.9. The summed E-state index contributed by atoms with van der Waals surface area (Å²) in [7, 11) is 1.19. The topological polar surface area (TPSA) is 75.7 Å². The van der Waals surface area contributed by atoms with E-state index in [1.54, 1.807) is 48.5 Å². The van der Waals surface area contributed by atoms with Gasteiger partial charge in [0.25, 0.3) is 11.8 Å². The molecule has 4 rings (SSSR count). The molecule has 2 unspecified atom stereocenters. The monoisotopic (exact) mass is 486 g/mol. The van der Waals surface area contributed by atoms with E-state index in [-0.39, 0.29) is 11.3 Å². The smallest absolute Gasteiger partial charge is 0.333 e. The van der Waals surface area contributed by atoms with Crippen LogP contribution in [0.15, 0.2) is 66.7 Å². The molecule has 0 fully saturated rings. The van der Waals surface area contributed by atoms with Gasteiger partial charge in [-0.15, -0.1) is 0 Å². The molecule has 0 spiro atoms. The number of nitrogens with one attached hydrogen (secondary N) is 1. The zero-order valence-electron chi connectivity index (χ0n) is 17.2. The van der Waals surface area contributed by atoms with E-state index < -0.39 is 35.7 Å². The molecule has 0 saturated heterocycles. The molecule has 168 valence electrons. The average Bonchev–Trinajstić information content (AvgIpc) is 2.89. The zero-order chi connectivity index (χ0) is 23.7. The van der Waals surface area contributed by atoms with E-state index in [2.05, 4.69) is 5.32 Å². The number of carbonyl (C=O) groups excluding carboxylic acids is 3. The highest BCUT2D eigenvalue weighted by atomic mass is 35.5. The molecule has 0 saturated carbocycles. The number of halogens is 3. The highest BCUT2D eigenvalue weighted by molar-refractivity contribution is 6.30. The van der Waals surface area contributed by atoms with Crippen molar-refractivity contribution in [1.29, 1.82) is 0 Å². The van der Waals surface area contributed by atoms with Crippen LogP contribution in [0.4, 0.5) is 10.1 Å². The van der Waals surface area contributed by atoms with E-state index in [0.29, 0.717) is 21.2 Å². The minimum Gasteiger partial charge on any atom is -0.467 e. The Labute approximate surface area is 198 Å². The lowest BCUT2D eigenvalue weighted by Gasteiger charge is -2.35. The first-order chi connectivity index (χ1) is 15.8. The molecule has 1 aliphatic heterocycles. The Hall–Kier alpha value is -3.42. The first-order valence-electron chi connectivity index (χ1n) is 9.82. The Morgan fingerprint density at radius 2 is 1.61 bits per heavy atom. The molecule has 6 nitrogen and oxygen atoms in total. The summed E-state index contributed by atoms with van der Waals surface area (Å²) in [6.07, 6.45) is 0. The fourth-order valence-corrected chi connectivity index (χ4v) is 4.03. The van der Waals surface area contributed by atoms with E-state index in [4.69, 9.17) is 27.9 Å². The maximum absolute atomic E-state index is 13.9. The SMILES string of the molecule is COC(=O)C(c1ccc(Cl)cc1)N1C(=O)c2ccc(F)cc2NC(=O)C1c1ccc(Cl)cc1. The number of esters is 1. The third-order valence-electron chi connectivity index (χ3n) is 5.31. The second-order valence-electron chi connectivity index (χ2n) is 7.32. The number of ether oxygens (including phenoxy) is 1. The summed E-state index contributed by atoms with van der Waals surface area (Å²) in [4.78, 5) is 41.3. The summed E-state index contributed by atoms with van der Waals surface area (Å²) in [6.45, 7) is 0. The highest BCUT2D eigenvalue weighted by Gasteiger charge is 2.44. The fraction of sp³-hybridized carbons (Fsp3) is 0.125. The molecule has 0 aliphatic carbocycles. The fourth-order valence-electron chi connectivity index (χ4n) is 3.78. The van der Waals surface area contributed by atoms with Crippen LogP contribution in [-0.2, 0) is 14.3 Å². The van der Waals surface area contributed by atoms with E-state index in [0.717, 1.165) is 17.0 Å². The lowest BCUT2D eigenvalue weighted by molar-refractivity contribution is -0.147. The normalized spacial score (nSPS) is 16.5. The molecule has 9 heteroatoms. The van der Waals surface area contributed by atoms with Gasteiger partial charge in [-0.2, -0.15) is 0 Å². The van der Waals surface area contributed by atoms with Gasteiger partial charge in [0.2, 0.25) is 0 Å². The van der Waals surface area contributed by atoms with Crippen LogP contribution in [0.2, 0.25) is 10.0 Å². The van der Waals surface area contributed by atoms with E-state index >= 15 is 0 Å². The van der Waals surface area contributed by atoms with Gasteiger partial charge in [-0.05, 0) is 53.6 Å². The number of hydrogen-bond donors (Lipinski definition) is 1. The Morgan fingerprint density at radius 3 is 2.21 bits per heavy atom. The average molecular weight is 487 g/mol. The minimum atomic E-state index is -1.29. The first kappa shape index (κ1) is 22.8. The van der Waals surface area contributed by atoms with Crippen molar-refractivity contribution >= 4 is 46.7 Å². The quantitative estimate of drug-likeness (QED) is 0.515. The van der Waals surface area contributed by atoms with Crippen LogP contribution in [0.3, 0.4) is 0 Å². The van der Waals surface area contributed by atoms with Crippen molar-refractivity contribution in [1.82, 2.24) is 4.90 Å². The van der Waals surface area contributed by atoms with Gasteiger partial charge in [-0.25, -0.2) is 9.18 Å². The van der Waals surface area contributed by atoms with Crippen LogP contribution < -0.4 is 5.32 Å². The molecule has 1 aliphatic rings. The van der Waals surface area contributed by atoms with E-state index in [1.165, 1.54) is 13.2 Å². The minimum absolute atomic E-state index is 0.00573. The molecule has 3 aromatic rings. The van der Waals surface area contributed by atoms with Crippen molar-refractivity contribution in [2.75, 3.05) is 12.4 Å².